The number of fused-ring (bicyclic) bond motifs is 4. The number of methoxy groups -OCH3 is 1. The largest absolute Gasteiger partial charge is 0.490 e. The number of nitrogens with zero attached hydrogens (tertiary/aromatic N) is 1. The van der Waals surface area contributed by atoms with Crippen molar-refractivity contribution in [3.05, 3.63) is 70.3 Å². The fourth-order valence-corrected chi connectivity index (χ4v) is 9.46. The van der Waals surface area contributed by atoms with Gasteiger partial charge in [-0.3, -0.25) is 9.59 Å². The van der Waals surface area contributed by atoms with E-state index >= 15 is 0 Å². The van der Waals surface area contributed by atoms with Crippen LogP contribution < -0.4 is 14.4 Å². The van der Waals surface area contributed by atoms with Crippen LogP contribution in [0.4, 0.5) is 5.69 Å². The maximum Gasteiger partial charge on any atom is 0.264 e. The number of nitrogens with one attached hydrogen (secondary N) is 1. The van der Waals surface area contributed by atoms with Crippen molar-refractivity contribution in [3.8, 4) is 5.75 Å². The molecule has 1 N–H and O–H groups in total. The molecule has 236 valence electrons. The lowest BCUT2D eigenvalue weighted by Gasteiger charge is -2.48. The molecule has 10 heteroatoms. The van der Waals surface area contributed by atoms with Gasteiger partial charge in [-0.05, 0) is 105 Å². The summed E-state index contributed by atoms with van der Waals surface area (Å²) in [7, 11) is -2.37. The number of halogens is 1. The molecule has 5 atom stereocenters. The third-order valence-electron chi connectivity index (χ3n) is 10.5. The maximum atomic E-state index is 13.4. The Bertz CT molecular complexity index is 1580. The molecule has 2 aromatic rings. The molecule has 0 saturated heterocycles. The molecular formula is C34H41ClN2O6S. The van der Waals surface area contributed by atoms with Crippen LogP contribution in [0.15, 0.2) is 48.6 Å². The van der Waals surface area contributed by atoms with Crippen LogP contribution in [0, 0.1) is 11.8 Å². The molecule has 2 aliphatic heterocycles. The Morgan fingerprint density at radius 2 is 2.02 bits per heavy atom. The van der Waals surface area contributed by atoms with Gasteiger partial charge in [0.25, 0.3) is 5.91 Å². The minimum absolute atomic E-state index is 0.0349. The van der Waals surface area contributed by atoms with Crippen molar-refractivity contribution in [2.75, 3.05) is 31.7 Å². The number of aryl methyl sites for hydroxylation is 1. The Hall–Kier alpha value is -2.88. The summed E-state index contributed by atoms with van der Waals surface area (Å²) >= 11 is 6.40. The minimum atomic E-state index is -3.94. The number of rotatable bonds is 3. The monoisotopic (exact) mass is 640 g/mol. The summed E-state index contributed by atoms with van der Waals surface area (Å²) in [6.07, 6.45) is 10.4. The molecule has 0 unspecified atom stereocenters. The Balaban J connectivity index is 1.46. The van der Waals surface area contributed by atoms with Gasteiger partial charge >= 0.3 is 0 Å². The Kier molecular flexibility index (Phi) is 8.58. The first kappa shape index (κ1) is 31.1. The molecular weight excluding hydrogens is 600 g/mol. The molecule has 1 amide bonds. The van der Waals surface area contributed by atoms with Gasteiger partial charge in [0.15, 0.2) is 6.29 Å². The van der Waals surface area contributed by atoms with Crippen molar-refractivity contribution in [3.63, 3.8) is 0 Å². The summed E-state index contributed by atoms with van der Waals surface area (Å²) in [5, 5.41) is -0.0382. The zero-order valence-electron chi connectivity index (χ0n) is 25.4. The third-order valence-corrected chi connectivity index (χ3v) is 12.6. The van der Waals surface area contributed by atoms with E-state index in [1.54, 1.807) is 32.2 Å². The zero-order valence-corrected chi connectivity index (χ0v) is 27.0. The van der Waals surface area contributed by atoms with E-state index in [-0.39, 0.29) is 22.8 Å². The standard InChI is InChI=1S/C34H41ClN2O6S/c1-3-27-8-4-5-16-34(21-38,42-2)29-12-9-25(29)19-37-20-33(15-6-7-23-17-26(35)11-13-28(23)33)22-43-31-14-10-24(18-30(31)37)32(39)36-44(27,40)41/h5,10-11,13-14,16-18,21,25,27,29H,3-4,6-9,12,15,19-20,22H2,1-2H3,(H,36,39)/b16-5+/t25-,27+,29+,33-,34-/m0/s1. The van der Waals surface area contributed by atoms with Crippen molar-refractivity contribution in [1.82, 2.24) is 4.72 Å². The van der Waals surface area contributed by atoms with Crippen LogP contribution in [0.3, 0.4) is 0 Å². The average Bonchev–Trinajstić information content (AvgIpc) is 3.14. The van der Waals surface area contributed by atoms with Crippen LogP contribution in [0.25, 0.3) is 0 Å². The van der Waals surface area contributed by atoms with Gasteiger partial charge in [-0.1, -0.05) is 30.7 Å². The van der Waals surface area contributed by atoms with E-state index in [4.69, 9.17) is 21.1 Å². The fraction of sp³-hybridized carbons (Fsp3) is 0.529. The molecule has 6 rings (SSSR count). The van der Waals surface area contributed by atoms with Gasteiger partial charge < -0.3 is 14.4 Å². The summed E-state index contributed by atoms with van der Waals surface area (Å²) in [6.45, 7) is 3.55. The number of benzene rings is 2. The van der Waals surface area contributed by atoms with Crippen molar-refractivity contribution in [2.45, 2.75) is 74.6 Å². The molecule has 0 aromatic heterocycles. The molecule has 1 fully saturated rings. The van der Waals surface area contributed by atoms with Gasteiger partial charge in [-0.25, -0.2) is 13.1 Å². The topological polar surface area (TPSA) is 102 Å². The van der Waals surface area contributed by atoms with Gasteiger partial charge in [0.1, 0.15) is 11.4 Å². The Morgan fingerprint density at radius 1 is 1.18 bits per heavy atom. The average molecular weight is 641 g/mol. The number of hydrogen-bond donors (Lipinski definition) is 1. The van der Waals surface area contributed by atoms with Gasteiger partial charge in [0, 0.05) is 42.1 Å². The van der Waals surface area contributed by atoms with E-state index in [1.165, 1.54) is 11.1 Å². The molecule has 2 heterocycles. The van der Waals surface area contributed by atoms with E-state index in [0.717, 1.165) is 49.1 Å². The number of amides is 1. The number of allylic oxidation sites excluding steroid dienone is 1. The predicted octanol–water partition coefficient (Wildman–Crippen LogP) is 5.61. The number of hydrogen-bond acceptors (Lipinski definition) is 7. The molecule has 1 spiro atoms. The number of sulfonamides is 1. The van der Waals surface area contributed by atoms with Crippen LogP contribution in [0.5, 0.6) is 5.75 Å². The lowest BCUT2D eigenvalue weighted by atomic mass is 9.64. The number of ether oxygens (including phenoxy) is 2. The summed E-state index contributed by atoms with van der Waals surface area (Å²) in [5.74, 6) is 0.132. The predicted molar refractivity (Wildman–Crippen MR) is 171 cm³/mol. The maximum absolute atomic E-state index is 13.4. The SMILES string of the molecule is CC[C@@H]1CC/C=C/[C@@](C=O)(OC)[C@@H]2CC[C@H]2CN2C[C@@]3(CCCc4cc(Cl)ccc43)COc3ccc(cc32)C(=O)NS1(=O)=O. The highest BCUT2D eigenvalue weighted by Crippen LogP contribution is 2.48. The van der Waals surface area contributed by atoms with Crippen molar-refractivity contribution < 1.29 is 27.5 Å². The number of carbonyl (C=O) groups excluding carboxylic acids is 2. The molecule has 0 radical (unpaired) electrons. The number of anilines is 1. The van der Waals surface area contributed by atoms with Crippen LogP contribution >= 0.6 is 11.6 Å². The zero-order chi connectivity index (χ0) is 31.1. The molecule has 2 bridgehead atoms. The lowest BCUT2D eigenvalue weighted by molar-refractivity contribution is -0.135. The molecule has 1 saturated carbocycles. The number of aldehydes is 1. The third kappa shape index (κ3) is 5.56. The first-order valence-electron chi connectivity index (χ1n) is 15.7. The van der Waals surface area contributed by atoms with Crippen molar-refractivity contribution >= 4 is 39.5 Å². The van der Waals surface area contributed by atoms with E-state index in [9.17, 15) is 18.0 Å². The van der Waals surface area contributed by atoms with E-state index in [2.05, 4.69) is 21.8 Å². The Morgan fingerprint density at radius 3 is 2.75 bits per heavy atom. The second-order valence-electron chi connectivity index (χ2n) is 12.9. The van der Waals surface area contributed by atoms with Crippen molar-refractivity contribution in [1.29, 1.82) is 0 Å². The smallest absolute Gasteiger partial charge is 0.264 e. The second kappa shape index (κ2) is 12.1. The molecule has 44 heavy (non-hydrogen) atoms. The molecule has 8 nitrogen and oxygen atoms in total. The van der Waals surface area contributed by atoms with Gasteiger partial charge in [0.05, 0.1) is 17.5 Å². The fourth-order valence-electron chi connectivity index (χ4n) is 7.84. The summed E-state index contributed by atoms with van der Waals surface area (Å²) in [5.41, 5.74) is 2.08. The number of carbonyl (C=O) groups is 2. The van der Waals surface area contributed by atoms with Crippen LogP contribution in [0.2, 0.25) is 5.02 Å². The highest BCUT2D eigenvalue weighted by atomic mass is 35.5. The highest BCUT2D eigenvalue weighted by Gasteiger charge is 2.49. The van der Waals surface area contributed by atoms with Gasteiger partial charge in [-0.15, -0.1) is 0 Å². The normalized spacial score (nSPS) is 32.2. The summed E-state index contributed by atoms with van der Waals surface area (Å²) in [6, 6.07) is 11.3. The van der Waals surface area contributed by atoms with E-state index in [0.29, 0.717) is 44.7 Å². The van der Waals surface area contributed by atoms with Crippen LogP contribution in [-0.4, -0.2) is 58.3 Å². The summed E-state index contributed by atoms with van der Waals surface area (Å²) in [4.78, 5) is 28.4. The van der Waals surface area contributed by atoms with E-state index < -0.39 is 26.8 Å². The molecule has 2 aliphatic carbocycles. The quantitative estimate of drug-likeness (QED) is 0.344. The molecule has 4 aliphatic rings. The second-order valence-corrected chi connectivity index (χ2v) is 15.3. The van der Waals surface area contributed by atoms with Crippen LogP contribution in [-0.2, 0) is 31.4 Å². The van der Waals surface area contributed by atoms with Gasteiger partial charge in [0.2, 0.25) is 10.0 Å². The first-order chi connectivity index (χ1) is 21.1. The van der Waals surface area contributed by atoms with Crippen molar-refractivity contribution in [2.24, 2.45) is 11.8 Å². The Labute approximate surface area is 265 Å². The minimum Gasteiger partial charge on any atom is -0.490 e. The first-order valence-corrected chi connectivity index (χ1v) is 17.6. The van der Waals surface area contributed by atoms with Gasteiger partial charge in [-0.2, -0.15) is 0 Å². The lowest BCUT2D eigenvalue weighted by Crippen LogP contribution is -2.53. The molecule has 2 aromatic carbocycles. The van der Waals surface area contributed by atoms with E-state index in [1.807, 2.05) is 18.2 Å². The van der Waals surface area contributed by atoms with Crippen LogP contribution in [0.1, 0.15) is 73.4 Å². The summed E-state index contributed by atoms with van der Waals surface area (Å²) < 4.78 is 41.4. The highest BCUT2D eigenvalue weighted by molar-refractivity contribution is 7.90.